The Bertz CT molecular complexity index is 539. The van der Waals surface area contributed by atoms with Gasteiger partial charge in [0.05, 0.1) is 0 Å². The van der Waals surface area contributed by atoms with Crippen LogP contribution < -0.4 is 10.5 Å². The highest BCUT2D eigenvalue weighted by molar-refractivity contribution is 7.99. The summed E-state index contributed by atoms with van der Waals surface area (Å²) in [4.78, 5) is -1.00. The molecule has 1 aromatic carbocycles. The average Bonchev–Trinajstić information content (AvgIpc) is 2.26. The second-order valence-corrected chi connectivity index (χ2v) is 6.43. The van der Waals surface area contributed by atoms with Gasteiger partial charge in [-0.05, 0) is 12.1 Å². The maximum Gasteiger partial charge on any atom is 0.246 e. The number of anilines is 1. The molecule has 0 radical (unpaired) electrons. The van der Waals surface area contributed by atoms with Crippen molar-refractivity contribution in [3.8, 4) is 0 Å². The number of nitrogens with two attached hydrogens (primary N) is 1. The lowest BCUT2D eigenvalue weighted by Gasteiger charge is -2.09. The molecule has 1 rings (SSSR count). The Balaban J connectivity index is 2.80. The second-order valence-electron chi connectivity index (χ2n) is 3.58. The van der Waals surface area contributed by atoms with Gasteiger partial charge in [-0.1, -0.05) is 6.08 Å². The number of hydrogen-bond acceptors (Lipinski definition) is 4. The third kappa shape index (κ3) is 4.48. The Morgan fingerprint density at radius 3 is 2.47 bits per heavy atom. The molecule has 0 aromatic heterocycles. The van der Waals surface area contributed by atoms with Gasteiger partial charge < -0.3 is 5.73 Å². The largest absolute Gasteiger partial charge is 0.399 e. The van der Waals surface area contributed by atoms with Crippen LogP contribution in [-0.2, 0) is 10.0 Å². The summed E-state index contributed by atoms with van der Waals surface area (Å²) in [5.74, 6) is -1.26. The van der Waals surface area contributed by atoms with Gasteiger partial charge in [-0.2, -0.15) is 11.8 Å². The molecular weight excluding hydrogens is 294 g/mol. The highest BCUT2D eigenvalue weighted by Crippen LogP contribution is 2.21. The van der Waals surface area contributed by atoms with Crippen molar-refractivity contribution in [1.82, 2.24) is 4.72 Å². The van der Waals surface area contributed by atoms with E-state index in [4.69, 9.17) is 5.73 Å². The topological polar surface area (TPSA) is 72.2 Å². The molecule has 0 bridgehead atoms. The predicted molar refractivity (Wildman–Crippen MR) is 73.5 cm³/mol. The highest BCUT2D eigenvalue weighted by Gasteiger charge is 2.24. The molecular formula is C11H14F2N2O2S2. The van der Waals surface area contributed by atoms with Gasteiger partial charge in [-0.3, -0.25) is 0 Å². The molecule has 0 aliphatic carbocycles. The fourth-order valence-corrected chi connectivity index (χ4v) is 3.18. The minimum absolute atomic E-state index is 0.0735. The number of rotatable bonds is 7. The minimum atomic E-state index is -4.22. The molecule has 0 aliphatic heterocycles. The van der Waals surface area contributed by atoms with Crippen LogP contribution in [0.15, 0.2) is 29.7 Å². The average molecular weight is 308 g/mol. The van der Waals surface area contributed by atoms with Crippen LogP contribution in [-0.4, -0.2) is 26.5 Å². The van der Waals surface area contributed by atoms with Gasteiger partial charge in [-0.25, -0.2) is 21.9 Å². The molecule has 3 N–H and O–H groups in total. The molecule has 0 heterocycles. The third-order valence-electron chi connectivity index (χ3n) is 2.06. The summed E-state index contributed by atoms with van der Waals surface area (Å²) in [7, 11) is -4.22. The summed E-state index contributed by atoms with van der Waals surface area (Å²) in [6.45, 7) is 3.59. The van der Waals surface area contributed by atoms with E-state index in [9.17, 15) is 17.2 Å². The standard InChI is InChI=1S/C11H14F2N2O2S2/c1-2-4-18-5-3-15-19(16,17)11-9(12)6-8(14)7-10(11)13/h2,6-7,15H,1,3-5,14H2. The number of nitrogen functional groups attached to an aromatic ring is 1. The van der Waals surface area contributed by atoms with Gasteiger partial charge in [0.2, 0.25) is 10.0 Å². The van der Waals surface area contributed by atoms with Crippen LogP contribution in [0.3, 0.4) is 0 Å². The molecule has 0 spiro atoms. The van der Waals surface area contributed by atoms with E-state index in [0.29, 0.717) is 11.5 Å². The first-order valence-electron chi connectivity index (χ1n) is 5.31. The van der Waals surface area contributed by atoms with E-state index in [1.807, 2.05) is 0 Å². The summed E-state index contributed by atoms with van der Waals surface area (Å²) >= 11 is 1.45. The first kappa shape index (κ1) is 15.9. The molecule has 19 heavy (non-hydrogen) atoms. The molecule has 1 aromatic rings. The van der Waals surface area contributed by atoms with Crippen LogP contribution in [0.5, 0.6) is 0 Å². The molecule has 106 valence electrons. The van der Waals surface area contributed by atoms with E-state index in [-0.39, 0.29) is 12.2 Å². The summed E-state index contributed by atoms with van der Waals surface area (Å²) in [5, 5.41) is 0. The minimum Gasteiger partial charge on any atom is -0.399 e. The lowest BCUT2D eigenvalue weighted by atomic mass is 10.3. The van der Waals surface area contributed by atoms with Crippen molar-refractivity contribution in [2.75, 3.05) is 23.8 Å². The van der Waals surface area contributed by atoms with E-state index >= 15 is 0 Å². The molecule has 8 heteroatoms. The normalized spacial score (nSPS) is 11.5. The summed E-state index contributed by atoms with van der Waals surface area (Å²) in [6, 6.07) is 1.54. The maximum atomic E-state index is 13.5. The van der Waals surface area contributed by atoms with Crippen LogP contribution in [0.2, 0.25) is 0 Å². The smallest absolute Gasteiger partial charge is 0.246 e. The van der Waals surface area contributed by atoms with E-state index in [1.165, 1.54) is 11.8 Å². The molecule has 0 aliphatic rings. The van der Waals surface area contributed by atoms with Gasteiger partial charge in [0.1, 0.15) is 11.6 Å². The van der Waals surface area contributed by atoms with Gasteiger partial charge >= 0.3 is 0 Å². The number of thioether (sulfide) groups is 1. The molecule has 0 saturated carbocycles. The lowest BCUT2D eigenvalue weighted by molar-refractivity contribution is 0.516. The monoisotopic (exact) mass is 308 g/mol. The van der Waals surface area contributed by atoms with Gasteiger partial charge in [0, 0.05) is 23.7 Å². The SMILES string of the molecule is C=CCSCCNS(=O)(=O)c1c(F)cc(N)cc1F. The number of benzene rings is 1. The summed E-state index contributed by atoms with van der Waals surface area (Å²) in [5.41, 5.74) is 5.05. The van der Waals surface area contributed by atoms with E-state index in [0.717, 1.165) is 12.1 Å². The number of sulfonamides is 1. The summed E-state index contributed by atoms with van der Waals surface area (Å²) < 4.78 is 52.6. The van der Waals surface area contributed by atoms with Gasteiger partial charge in [0.15, 0.2) is 4.90 Å². The van der Waals surface area contributed by atoms with Crippen LogP contribution >= 0.6 is 11.8 Å². The molecule has 0 amide bonds. The summed E-state index contributed by atoms with van der Waals surface area (Å²) in [6.07, 6.45) is 1.68. The second kappa shape index (κ2) is 6.88. The number of hydrogen-bond donors (Lipinski definition) is 2. The van der Waals surface area contributed by atoms with Gasteiger partial charge in [0.25, 0.3) is 0 Å². The molecule has 4 nitrogen and oxygen atoms in total. The first-order chi connectivity index (χ1) is 8.88. The van der Waals surface area contributed by atoms with Crippen molar-refractivity contribution in [2.45, 2.75) is 4.90 Å². The van der Waals surface area contributed by atoms with Crippen molar-refractivity contribution in [1.29, 1.82) is 0 Å². The van der Waals surface area contributed by atoms with Crippen molar-refractivity contribution < 1.29 is 17.2 Å². The molecule has 0 atom stereocenters. The molecule has 0 fully saturated rings. The third-order valence-corrected chi connectivity index (χ3v) is 4.54. The van der Waals surface area contributed by atoms with Crippen LogP contribution in [0, 0.1) is 11.6 Å². The van der Waals surface area contributed by atoms with E-state index < -0.39 is 26.6 Å². The molecule has 0 saturated heterocycles. The highest BCUT2D eigenvalue weighted by atomic mass is 32.2. The zero-order valence-electron chi connectivity index (χ0n) is 10.0. The quantitative estimate of drug-likeness (QED) is 0.457. The fourth-order valence-electron chi connectivity index (χ4n) is 1.32. The Morgan fingerprint density at radius 2 is 1.95 bits per heavy atom. The van der Waals surface area contributed by atoms with Crippen molar-refractivity contribution in [3.63, 3.8) is 0 Å². The Labute approximate surface area is 115 Å². The zero-order chi connectivity index (χ0) is 14.5. The van der Waals surface area contributed by atoms with E-state index in [2.05, 4.69) is 11.3 Å². The van der Waals surface area contributed by atoms with Crippen LogP contribution in [0.25, 0.3) is 0 Å². The number of halogens is 2. The lowest BCUT2D eigenvalue weighted by Crippen LogP contribution is -2.28. The van der Waals surface area contributed by atoms with Crippen LogP contribution in [0.4, 0.5) is 14.5 Å². The van der Waals surface area contributed by atoms with Crippen molar-refractivity contribution in [2.24, 2.45) is 0 Å². The maximum absolute atomic E-state index is 13.5. The first-order valence-corrected chi connectivity index (χ1v) is 7.95. The van der Waals surface area contributed by atoms with Crippen molar-refractivity contribution in [3.05, 3.63) is 36.4 Å². The van der Waals surface area contributed by atoms with Crippen molar-refractivity contribution >= 4 is 27.5 Å². The molecule has 0 unspecified atom stereocenters. The Kier molecular flexibility index (Phi) is 5.77. The zero-order valence-corrected chi connectivity index (χ0v) is 11.7. The predicted octanol–water partition coefficient (Wildman–Crippen LogP) is 1.74. The Morgan fingerprint density at radius 1 is 1.37 bits per heavy atom. The van der Waals surface area contributed by atoms with Gasteiger partial charge in [-0.15, -0.1) is 6.58 Å². The number of nitrogens with one attached hydrogen (secondary N) is 1. The Hall–Kier alpha value is -1.12. The van der Waals surface area contributed by atoms with Crippen LogP contribution in [0.1, 0.15) is 0 Å². The van der Waals surface area contributed by atoms with E-state index in [1.54, 1.807) is 6.08 Å². The fraction of sp³-hybridized carbons (Fsp3) is 0.273.